The summed E-state index contributed by atoms with van der Waals surface area (Å²) in [6.07, 6.45) is 0. The van der Waals surface area contributed by atoms with E-state index in [0.29, 0.717) is 16.7 Å². The molecule has 0 heterocycles. The molecule has 86 valence electrons. The SMILES string of the molecule is S=C(OCc1ccccc1)c1ccc(Cl)cc1. The fourth-order valence-electron chi connectivity index (χ4n) is 1.39. The summed E-state index contributed by atoms with van der Waals surface area (Å²) < 4.78 is 5.54. The number of thiocarbonyl (C=S) groups is 1. The van der Waals surface area contributed by atoms with Gasteiger partial charge in [-0.1, -0.05) is 41.9 Å². The van der Waals surface area contributed by atoms with Crippen molar-refractivity contribution in [1.29, 1.82) is 0 Å². The first kappa shape index (κ1) is 12.1. The predicted molar refractivity (Wildman–Crippen MR) is 74.4 cm³/mol. The van der Waals surface area contributed by atoms with Crippen LogP contribution in [0.25, 0.3) is 0 Å². The molecule has 0 saturated carbocycles. The summed E-state index contributed by atoms with van der Waals surface area (Å²) in [5.41, 5.74) is 1.98. The Balaban J connectivity index is 1.96. The molecular weight excluding hydrogens is 252 g/mol. The lowest BCUT2D eigenvalue weighted by Gasteiger charge is -2.07. The largest absolute Gasteiger partial charge is 0.478 e. The van der Waals surface area contributed by atoms with Crippen LogP contribution in [0.1, 0.15) is 11.1 Å². The highest BCUT2D eigenvalue weighted by Gasteiger charge is 2.02. The fourth-order valence-corrected chi connectivity index (χ4v) is 1.71. The first-order valence-corrected chi connectivity index (χ1v) is 6.01. The van der Waals surface area contributed by atoms with E-state index in [4.69, 9.17) is 28.6 Å². The highest BCUT2D eigenvalue weighted by atomic mass is 35.5. The highest BCUT2D eigenvalue weighted by molar-refractivity contribution is 7.80. The summed E-state index contributed by atoms with van der Waals surface area (Å²) in [5, 5.41) is 1.19. The van der Waals surface area contributed by atoms with Crippen LogP contribution in [0.15, 0.2) is 54.6 Å². The van der Waals surface area contributed by atoms with Crippen molar-refractivity contribution >= 4 is 28.9 Å². The smallest absolute Gasteiger partial charge is 0.191 e. The van der Waals surface area contributed by atoms with E-state index in [-0.39, 0.29) is 0 Å². The molecule has 0 fully saturated rings. The van der Waals surface area contributed by atoms with E-state index in [9.17, 15) is 0 Å². The van der Waals surface area contributed by atoms with Crippen molar-refractivity contribution in [2.24, 2.45) is 0 Å². The van der Waals surface area contributed by atoms with Crippen LogP contribution in [0, 0.1) is 0 Å². The Morgan fingerprint density at radius 3 is 2.29 bits per heavy atom. The van der Waals surface area contributed by atoms with Crippen LogP contribution in [-0.2, 0) is 11.3 Å². The number of hydrogen-bond donors (Lipinski definition) is 0. The maximum absolute atomic E-state index is 5.81. The van der Waals surface area contributed by atoms with Gasteiger partial charge < -0.3 is 4.74 Å². The molecular formula is C14H11ClOS. The maximum Gasteiger partial charge on any atom is 0.191 e. The van der Waals surface area contributed by atoms with Crippen molar-refractivity contribution in [3.63, 3.8) is 0 Å². The minimum atomic E-state index is 0.488. The van der Waals surface area contributed by atoms with E-state index in [2.05, 4.69) is 0 Å². The Morgan fingerprint density at radius 1 is 1.00 bits per heavy atom. The second-order valence-corrected chi connectivity index (χ2v) is 4.38. The van der Waals surface area contributed by atoms with Crippen LogP contribution in [0.5, 0.6) is 0 Å². The molecule has 0 atom stereocenters. The van der Waals surface area contributed by atoms with Crippen LogP contribution in [0.2, 0.25) is 5.02 Å². The summed E-state index contributed by atoms with van der Waals surface area (Å²) in [7, 11) is 0. The van der Waals surface area contributed by atoms with Gasteiger partial charge in [0.2, 0.25) is 0 Å². The number of ether oxygens (including phenoxy) is 1. The molecule has 2 aromatic rings. The van der Waals surface area contributed by atoms with Gasteiger partial charge in [0.1, 0.15) is 6.61 Å². The Bertz CT molecular complexity index is 493. The van der Waals surface area contributed by atoms with Crippen molar-refractivity contribution in [1.82, 2.24) is 0 Å². The molecule has 2 rings (SSSR count). The Hall–Kier alpha value is -1.38. The lowest BCUT2D eigenvalue weighted by molar-refractivity contribution is 0.302. The van der Waals surface area contributed by atoms with E-state index >= 15 is 0 Å². The zero-order valence-corrected chi connectivity index (χ0v) is 10.7. The highest BCUT2D eigenvalue weighted by Crippen LogP contribution is 2.12. The first-order chi connectivity index (χ1) is 8.25. The average molecular weight is 263 g/mol. The summed E-state index contributed by atoms with van der Waals surface area (Å²) in [6, 6.07) is 17.2. The molecule has 0 N–H and O–H groups in total. The van der Waals surface area contributed by atoms with Crippen LogP contribution in [-0.4, -0.2) is 5.05 Å². The van der Waals surface area contributed by atoms with E-state index in [1.807, 2.05) is 42.5 Å². The summed E-state index contributed by atoms with van der Waals surface area (Å²) in [6.45, 7) is 0.488. The van der Waals surface area contributed by atoms with Crippen LogP contribution in [0.3, 0.4) is 0 Å². The number of hydrogen-bond acceptors (Lipinski definition) is 2. The summed E-state index contributed by atoms with van der Waals surface area (Å²) in [5.74, 6) is 0. The maximum atomic E-state index is 5.81. The molecule has 0 amide bonds. The van der Waals surface area contributed by atoms with Gasteiger partial charge in [-0.2, -0.15) is 0 Å². The molecule has 0 bridgehead atoms. The number of halogens is 1. The zero-order valence-electron chi connectivity index (χ0n) is 9.10. The Labute approximate surface area is 111 Å². The quantitative estimate of drug-likeness (QED) is 0.766. The van der Waals surface area contributed by atoms with E-state index in [0.717, 1.165) is 11.1 Å². The van der Waals surface area contributed by atoms with Gasteiger partial charge in [0.05, 0.1) is 0 Å². The molecule has 0 saturated heterocycles. The minimum Gasteiger partial charge on any atom is -0.478 e. The van der Waals surface area contributed by atoms with Gasteiger partial charge in [-0.05, 0) is 42.0 Å². The van der Waals surface area contributed by atoms with Crippen LogP contribution in [0.4, 0.5) is 0 Å². The van der Waals surface area contributed by atoms with Crippen molar-refractivity contribution < 1.29 is 4.74 Å². The molecule has 3 heteroatoms. The standard InChI is InChI=1S/C14H11ClOS/c15-13-8-6-12(7-9-13)14(17)16-10-11-4-2-1-3-5-11/h1-9H,10H2. The average Bonchev–Trinajstić information content (AvgIpc) is 2.38. The van der Waals surface area contributed by atoms with Crippen LogP contribution >= 0.6 is 23.8 Å². The van der Waals surface area contributed by atoms with Gasteiger partial charge in [-0.15, -0.1) is 0 Å². The van der Waals surface area contributed by atoms with Gasteiger partial charge in [0.25, 0.3) is 0 Å². The van der Waals surface area contributed by atoms with E-state index in [1.54, 1.807) is 12.1 Å². The number of rotatable bonds is 3. The minimum absolute atomic E-state index is 0.488. The lowest BCUT2D eigenvalue weighted by Crippen LogP contribution is -2.03. The lowest BCUT2D eigenvalue weighted by atomic mass is 10.2. The normalized spacial score (nSPS) is 9.94. The van der Waals surface area contributed by atoms with Gasteiger partial charge in [-0.25, -0.2) is 0 Å². The molecule has 17 heavy (non-hydrogen) atoms. The van der Waals surface area contributed by atoms with Crippen LogP contribution < -0.4 is 0 Å². The first-order valence-electron chi connectivity index (χ1n) is 5.22. The fraction of sp³-hybridized carbons (Fsp3) is 0.0714. The third-order valence-electron chi connectivity index (χ3n) is 2.29. The second kappa shape index (κ2) is 5.80. The van der Waals surface area contributed by atoms with Gasteiger partial charge >= 0.3 is 0 Å². The molecule has 0 spiro atoms. The van der Waals surface area contributed by atoms with Crippen molar-refractivity contribution in [3.05, 3.63) is 70.7 Å². The van der Waals surface area contributed by atoms with Crippen molar-refractivity contribution in [3.8, 4) is 0 Å². The molecule has 0 unspecified atom stereocenters. The third-order valence-corrected chi connectivity index (χ3v) is 2.90. The van der Waals surface area contributed by atoms with Crippen molar-refractivity contribution in [2.75, 3.05) is 0 Å². The monoisotopic (exact) mass is 262 g/mol. The summed E-state index contributed by atoms with van der Waals surface area (Å²) in [4.78, 5) is 0. The predicted octanol–water partition coefficient (Wildman–Crippen LogP) is 4.23. The molecule has 0 aliphatic heterocycles. The zero-order chi connectivity index (χ0) is 12.1. The van der Waals surface area contributed by atoms with Crippen molar-refractivity contribution in [2.45, 2.75) is 6.61 Å². The van der Waals surface area contributed by atoms with Gasteiger partial charge in [-0.3, -0.25) is 0 Å². The van der Waals surface area contributed by atoms with Gasteiger partial charge in [0, 0.05) is 10.6 Å². The van der Waals surface area contributed by atoms with E-state index < -0.39 is 0 Å². The molecule has 1 nitrogen and oxygen atoms in total. The Morgan fingerprint density at radius 2 is 1.65 bits per heavy atom. The molecule has 0 aliphatic rings. The number of benzene rings is 2. The Kier molecular flexibility index (Phi) is 4.13. The molecule has 2 aromatic carbocycles. The summed E-state index contributed by atoms with van der Waals surface area (Å²) >= 11 is 11.0. The van der Waals surface area contributed by atoms with Gasteiger partial charge in [0.15, 0.2) is 5.05 Å². The molecule has 0 radical (unpaired) electrons. The molecule has 0 aliphatic carbocycles. The third kappa shape index (κ3) is 3.55. The topological polar surface area (TPSA) is 9.23 Å². The molecule has 0 aromatic heterocycles. The second-order valence-electron chi connectivity index (χ2n) is 3.57. The van der Waals surface area contributed by atoms with E-state index in [1.165, 1.54) is 0 Å².